The Kier molecular flexibility index (Phi) is 7.67. The molecule has 1 heterocycles. The molecule has 1 fully saturated rings. The van der Waals surface area contributed by atoms with Crippen LogP contribution < -0.4 is 0 Å². The molecule has 4 rings (SSSR count). The van der Waals surface area contributed by atoms with Gasteiger partial charge >= 0.3 is 0 Å². The van der Waals surface area contributed by atoms with Crippen LogP contribution in [0.4, 0.5) is 0 Å². The van der Waals surface area contributed by atoms with Crippen molar-refractivity contribution in [2.45, 2.75) is 57.6 Å². The Labute approximate surface area is 212 Å². The lowest BCUT2D eigenvalue weighted by molar-refractivity contribution is 0.0730. The molecule has 0 bridgehead atoms. The summed E-state index contributed by atoms with van der Waals surface area (Å²) in [7, 11) is -3.68. The molecule has 1 saturated carbocycles. The Bertz CT molecular complexity index is 1310. The van der Waals surface area contributed by atoms with Gasteiger partial charge in [0.25, 0.3) is 5.91 Å². The highest BCUT2D eigenvalue weighted by Gasteiger charge is 2.30. The fraction of sp³-hybridized carbons (Fsp3) is 0.407. The van der Waals surface area contributed by atoms with Crippen LogP contribution in [0, 0.1) is 18.8 Å². The Morgan fingerprint density at radius 2 is 1.91 bits per heavy atom. The highest BCUT2D eigenvalue weighted by atomic mass is 35.5. The van der Waals surface area contributed by atoms with Gasteiger partial charge in [-0.2, -0.15) is 0 Å². The lowest BCUT2D eigenvalue weighted by Gasteiger charge is -2.24. The van der Waals surface area contributed by atoms with Crippen LogP contribution in [-0.2, 0) is 28.7 Å². The van der Waals surface area contributed by atoms with E-state index in [-0.39, 0.29) is 22.7 Å². The third-order valence-electron chi connectivity index (χ3n) is 6.22. The van der Waals surface area contributed by atoms with Gasteiger partial charge in [0.05, 0.1) is 24.2 Å². The first kappa shape index (κ1) is 25.5. The lowest BCUT2D eigenvalue weighted by Crippen LogP contribution is -2.33. The zero-order valence-corrected chi connectivity index (χ0v) is 22.0. The minimum absolute atomic E-state index is 0.0611. The van der Waals surface area contributed by atoms with E-state index in [0.29, 0.717) is 36.1 Å². The van der Waals surface area contributed by atoms with Gasteiger partial charge in [0.1, 0.15) is 0 Å². The molecule has 0 N–H and O–H groups in total. The van der Waals surface area contributed by atoms with E-state index in [9.17, 15) is 13.2 Å². The number of carbonyl (C=O) groups excluding carboxylic acids is 1. The van der Waals surface area contributed by atoms with Gasteiger partial charge in [-0.25, -0.2) is 13.4 Å². The maximum atomic E-state index is 13.5. The van der Waals surface area contributed by atoms with Crippen molar-refractivity contribution in [2.24, 2.45) is 11.8 Å². The second kappa shape index (κ2) is 10.5. The highest BCUT2D eigenvalue weighted by molar-refractivity contribution is 7.90. The minimum atomic E-state index is -3.68. The fourth-order valence-electron chi connectivity index (χ4n) is 4.20. The number of carbonyl (C=O) groups is 1. The summed E-state index contributed by atoms with van der Waals surface area (Å²) in [5, 5.41) is 0.572. The van der Waals surface area contributed by atoms with Gasteiger partial charge in [-0.15, -0.1) is 0 Å². The smallest absolute Gasteiger partial charge is 0.254 e. The van der Waals surface area contributed by atoms with E-state index in [0.717, 1.165) is 29.7 Å². The molecule has 3 aromatic rings. The monoisotopic (exact) mass is 513 g/mol. The number of aromatic nitrogens is 2. The number of sulfone groups is 1. The van der Waals surface area contributed by atoms with Gasteiger partial charge < -0.3 is 9.47 Å². The van der Waals surface area contributed by atoms with Crippen molar-refractivity contribution in [1.29, 1.82) is 0 Å². The van der Waals surface area contributed by atoms with E-state index in [1.165, 1.54) is 0 Å². The fourth-order valence-corrected chi connectivity index (χ4v) is 5.99. The second-order valence-corrected chi connectivity index (χ2v) is 12.2. The summed E-state index contributed by atoms with van der Waals surface area (Å²) in [6.07, 6.45) is 3.81. The number of hydrogen-bond acceptors (Lipinski definition) is 4. The molecule has 8 heteroatoms. The zero-order valence-electron chi connectivity index (χ0n) is 20.4. The first-order valence-electron chi connectivity index (χ1n) is 12.0. The molecule has 1 aliphatic rings. The molecule has 0 unspecified atom stereocenters. The summed E-state index contributed by atoms with van der Waals surface area (Å²) in [4.78, 5) is 19.6. The SMILES string of the molecule is Cc1ccccc1CS(=O)(=O)c1ncc(CN(CC2CC2)C(=O)c2cccc(Cl)c2)n1CC(C)C. The quantitative estimate of drug-likeness (QED) is 0.357. The molecule has 186 valence electrons. The first-order valence-corrected chi connectivity index (χ1v) is 14.0. The Hall–Kier alpha value is -2.64. The molecule has 1 amide bonds. The summed E-state index contributed by atoms with van der Waals surface area (Å²) < 4.78 is 28.7. The molecule has 0 atom stereocenters. The van der Waals surface area contributed by atoms with Crippen LogP contribution in [0.5, 0.6) is 0 Å². The van der Waals surface area contributed by atoms with Crippen molar-refractivity contribution in [3.8, 4) is 0 Å². The summed E-state index contributed by atoms with van der Waals surface area (Å²) in [6, 6.07) is 14.4. The molecule has 0 aliphatic heterocycles. The molecular formula is C27H32ClN3O3S. The number of nitrogens with zero attached hydrogens (tertiary/aromatic N) is 3. The summed E-state index contributed by atoms with van der Waals surface area (Å²) >= 11 is 6.13. The molecule has 35 heavy (non-hydrogen) atoms. The van der Waals surface area contributed by atoms with Gasteiger partial charge in [0.2, 0.25) is 15.0 Å². The van der Waals surface area contributed by atoms with Crippen LogP contribution in [-0.4, -0.2) is 35.3 Å². The van der Waals surface area contributed by atoms with Crippen molar-refractivity contribution in [3.05, 3.63) is 82.1 Å². The lowest BCUT2D eigenvalue weighted by atomic mass is 10.1. The van der Waals surface area contributed by atoms with E-state index in [1.807, 2.05) is 45.0 Å². The first-order chi connectivity index (χ1) is 16.6. The van der Waals surface area contributed by atoms with Crippen LogP contribution in [0.25, 0.3) is 0 Å². The standard InChI is InChI=1S/C27H32ClN3O3S/c1-19(2)15-31-25(14-29-27(31)35(33,34)18-23-8-5-4-7-20(23)3)17-30(16-21-11-12-21)26(32)22-9-6-10-24(28)13-22/h4-10,13-14,19,21H,11-12,15-18H2,1-3H3. The number of imidazole rings is 1. The average molecular weight is 514 g/mol. The maximum Gasteiger partial charge on any atom is 0.254 e. The number of amides is 1. The topological polar surface area (TPSA) is 72.3 Å². The normalized spacial score (nSPS) is 13.9. The molecular weight excluding hydrogens is 482 g/mol. The Morgan fingerprint density at radius 3 is 2.57 bits per heavy atom. The summed E-state index contributed by atoms with van der Waals surface area (Å²) in [5.41, 5.74) is 2.94. The van der Waals surface area contributed by atoms with Gasteiger partial charge in [-0.1, -0.05) is 55.8 Å². The Balaban J connectivity index is 1.66. The number of rotatable bonds is 10. The van der Waals surface area contributed by atoms with Crippen LogP contribution in [0.2, 0.25) is 5.02 Å². The molecule has 2 aromatic carbocycles. The highest BCUT2D eigenvalue weighted by Crippen LogP contribution is 2.31. The van der Waals surface area contributed by atoms with Crippen molar-refractivity contribution in [3.63, 3.8) is 0 Å². The van der Waals surface area contributed by atoms with Gasteiger partial charge in [0.15, 0.2) is 0 Å². The second-order valence-electron chi connectivity index (χ2n) is 9.86. The third kappa shape index (κ3) is 6.33. The van der Waals surface area contributed by atoms with E-state index in [2.05, 4.69) is 4.98 Å². The summed E-state index contributed by atoms with van der Waals surface area (Å²) in [6.45, 7) is 7.42. The van der Waals surface area contributed by atoms with Crippen LogP contribution >= 0.6 is 11.6 Å². The van der Waals surface area contributed by atoms with Gasteiger partial charge in [-0.3, -0.25) is 4.79 Å². The predicted octanol–water partition coefficient (Wildman–Crippen LogP) is 5.53. The third-order valence-corrected chi connectivity index (χ3v) is 8.03. The molecule has 6 nitrogen and oxygen atoms in total. The summed E-state index contributed by atoms with van der Waals surface area (Å²) in [5.74, 6) is 0.460. The predicted molar refractivity (Wildman–Crippen MR) is 138 cm³/mol. The molecule has 0 saturated heterocycles. The van der Waals surface area contributed by atoms with Crippen molar-refractivity contribution >= 4 is 27.3 Å². The molecule has 0 spiro atoms. The number of benzene rings is 2. The molecule has 1 aliphatic carbocycles. The van der Waals surface area contributed by atoms with E-state index in [4.69, 9.17) is 11.6 Å². The minimum Gasteiger partial charge on any atom is -0.332 e. The van der Waals surface area contributed by atoms with E-state index in [1.54, 1.807) is 39.9 Å². The van der Waals surface area contributed by atoms with Crippen molar-refractivity contribution in [1.82, 2.24) is 14.5 Å². The van der Waals surface area contributed by atoms with E-state index < -0.39 is 9.84 Å². The van der Waals surface area contributed by atoms with Gasteiger partial charge in [-0.05, 0) is 60.9 Å². The number of halogens is 1. The molecule has 1 aromatic heterocycles. The number of aryl methyl sites for hydroxylation is 1. The number of hydrogen-bond donors (Lipinski definition) is 0. The largest absolute Gasteiger partial charge is 0.332 e. The maximum absolute atomic E-state index is 13.5. The Morgan fingerprint density at radius 1 is 1.17 bits per heavy atom. The average Bonchev–Trinajstić information content (AvgIpc) is 3.53. The van der Waals surface area contributed by atoms with Crippen LogP contribution in [0.3, 0.4) is 0 Å². The van der Waals surface area contributed by atoms with E-state index >= 15 is 0 Å². The molecule has 0 radical (unpaired) electrons. The van der Waals surface area contributed by atoms with Crippen LogP contribution in [0.15, 0.2) is 59.9 Å². The van der Waals surface area contributed by atoms with Crippen molar-refractivity contribution < 1.29 is 13.2 Å². The van der Waals surface area contributed by atoms with Crippen molar-refractivity contribution in [2.75, 3.05) is 6.54 Å². The van der Waals surface area contributed by atoms with Gasteiger partial charge in [0, 0.05) is 23.7 Å². The van der Waals surface area contributed by atoms with Crippen LogP contribution in [0.1, 0.15) is 53.9 Å². The zero-order chi connectivity index (χ0) is 25.2.